The summed E-state index contributed by atoms with van der Waals surface area (Å²) in [6.07, 6.45) is 2.14. The molecule has 0 aromatic carbocycles. The first-order chi connectivity index (χ1) is 21.5. The summed E-state index contributed by atoms with van der Waals surface area (Å²) in [5.74, 6) is -0.791. The van der Waals surface area contributed by atoms with E-state index in [1.165, 1.54) is 18.3 Å². The smallest absolute Gasteiger partial charge is 0.407 e. The molecule has 1 aliphatic rings. The van der Waals surface area contributed by atoms with Crippen molar-refractivity contribution in [3.05, 3.63) is 34.9 Å². The van der Waals surface area contributed by atoms with E-state index in [9.17, 15) is 34.0 Å². The summed E-state index contributed by atoms with van der Waals surface area (Å²) >= 11 is 0. The maximum Gasteiger partial charge on any atom is 0.407 e. The van der Waals surface area contributed by atoms with Crippen LogP contribution in [0.25, 0.3) is 0 Å². The number of methoxy groups -OCH3 is 1. The first kappa shape index (κ1) is 42.1. The van der Waals surface area contributed by atoms with E-state index in [1.807, 2.05) is 6.92 Å². The van der Waals surface area contributed by atoms with Gasteiger partial charge < -0.3 is 44.7 Å². The maximum absolute atomic E-state index is 13.1. The van der Waals surface area contributed by atoms with Gasteiger partial charge in [-0.25, -0.2) is 9.11 Å². The van der Waals surface area contributed by atoms with Crippen molar-refractivity contribution in [2.45, 2.75) is 84.0 Å². The number of carbonyl (C=O) groups excluding carboxylic acids is 2. The lowest BCUT2D eigenvalue weighted by atomic mass is 9.96. The van der Waals surface area contributed by atoms with Gasteiger partial charge in [-0.15, -0.1) is 0 Å². The van der Waals surface area contributed by atoms with Crippen molar-refractivity contribution in [2.75, 3.05) is 53.4 Å². The van der Waals surface area contributed by atoms with Gasteiger partial charge in [-0.1, -0.05) is 34.9 Å². The zero-order valence-electron chi connectivity index (χ0n) is 27.8. The van der Waals surface area contributed by atoms with Crippen molar-refractivity contribution >= 4 is 27.2 Å². The molecule has 17 heteroatoms. The molecule has 2 unspecified atom stereocenters. The van der Waals surface area contributed by atoms with Gasteiger partial charge >= 0.3 is 21.3 Å². The molecule has 1 saturated heterocycles. The second-order valence-electron chi connectivity index (χ2n) is 11.3. The maximum atomic E-state index is 13.1. The number of allylic oxidation sites excluding steroid dienone is 5. The summed E-state index contributed by atoms with van der Waals surface area (Å²) in [7, 11) is -6.73. The number of ether oxygens (including phenoxy) is 3. The largest absolute Gasteiger partial charge is 0.447 e. The molecule has 0 aromatic rings. The third-order valence-electron chi connectivity index (χ3n) is 6.58. The van der Waals surface area contributed by atoms with Gasteiger partial charge in [0.2, 0.25) is 5.91 Å². The first-order valence-corrected chi connectivity index (χ1v) is 18.9. The molecule has 2 amide bonds. The van der Waals surface area contributed by atoms with Gasteiger partial charge in [0.25, 0.3) is 0 Å². The highest BCUT2D eigenvalue weighted by atomic mass is 31.3. The van der Waals surface area contributed by atoms with Crippen LogP contribution in [-0.4, -0.2) is 111 Å². The zero-order chi connectivity index (χ0) is 34.9. The van der Waals surface area contributed by atoms with E-state index >= 15 is 0 Å². The Morgan fingerprint density at radius 1 is 0.913 bits per heavy atom. The third-order valence-corrected chi connectivity index (χ3v) is 10.2. The fourth-order valence-electron chi connectivity index (χ4n) is 4.17. The van der Waals surface area contributed by atoms with Gasteiger partial charge in [0.1, 0.15) is 31.5 Å². The van der Waals surface area contributed by atoms with Gasteiger partial charge in [-0.05, 0) is 53.4 Å². The molecule has 266 valence electrons. The molecule has 0 saturated carbocycles. The molecule has 1 heterocycles. The normalized spacial score (nSPS) is 24.8. The number of amides is 2. The Balaban J connectivity index is 2.63. The molecule has 0 aliphatic carbocycles. The Kier molecular flexibility index (Phi) is 19.4. The van der Waals surface area contributed by atoms with Gasteiger partial charge in [-0.2, -0.15) is 0 Å². The molecule has 0 aromatic heterocycles. The topological polar surface area (TPSA) is 208 Å². The Morgan fingerprint density at radius 2 is 1.54 bits per heavy atom. The van der Waals surface area contributed by atoms with Crippen LogP contribution in [0, 0.1) is 0 Å². The molecule has 1 fully saturated rings. The molecule has 7 atom stereocenters. The molecule has 0 radical (unpaired) electrons. The number of aliphatic hydroxyl groups is 3. The number of rotatable bonds is 20. The average Bonchev–Trinajstić information content (AvgIpc) is 2.95. The molecule has 0 spiro atoms. The second kappa shape index (κ2) is 21.1. The summed E-state index contributed by atoms with van der Waals surface area (Å²) in [5.41, 5.74) is 3.61. The molecule has 46 heavy (non-hydrogen) atoms. The molecule has 15 nitrogen and oxygen atoms in total. The number of hydrogen-bond donors (Lipinski definition) is 5. The SMILES string of the molecule is COCCOC(=O)NCC(=O)N[C@H]1C(CO)O[C@@H](O[P@](C)(=O)O[P@](C)(=O)OC/C=C(/C)CC/C=C(\C)CCC=C(C)C)C(O)[C@H]1O. The van der Waals surface area contributed by atoms with Crippen LogP contribution >= 0.6 is 15.2 Å². The highest BCUT2D eigenvalue weighted by molar-refractivity contribution is 7.66. The number of nitrogens with one attached hydrogen (secondary N) is 2. The molecule has 5 N–H and O–H groups in total. The predicted octanol–water partition coefficient (Wildman–Crippen LogP) is 3.40. The molecule has 1 aliphatic heterocycles. The van der Waals surface area contributed by atoms with Gasteiger partial charge in [-0.3, -0.25) is 18.4 Å². The number of aliphatic hydroxyl groups excluding tert-OH is 3. The number of alkyl carbamates (subject to hydrolysis) is 1. The molecular weight excluding hydrogens is 646 g/mol. The van der Waals surface area contributed by atoms with Crippen molar-refractivity contribution in [3.8, 4) is 0 Å². The highest BCUT2D eigenvalue weighted by Crippen LogP contribution is 2.62. The Hall–Kier alpha value is -1.90. The van der Waals surface area contributed by atoms with Crippen LogP contribution in [0.1, 0.15) is 53.4 Å². The summed E-state index contributed by atoms with van der Waals surface area (Å²) in [6.45, 7) is 9.04. The van der Waals surface area contributed by atoms with E-state index in [4.69, 9.17) is 27.6 Å². The quantitative estimate of drug-likeness (QED) is 0.0703. The fourth-order valence-corrected chi connectivity index (χ4v) is 7.56. The summed E-state index contributed by atoms with van der Waals surface area (Å²) in [5, 5.41) is 35.6. The molecule has 0 bridgehead atoms. The van der Waals surface area contributed by atoms with Crippen molar-refractivity contribution < 1.29 is 61.6 Å². The van der Waals surface area contributed by atoms with Crippen LogP contribution in [0.5, 0.6) is 0 Å². The van der Waals surface area contributed by atoms with Crippen LogP contribution in [0.3, 0.4) is 0 Å². The predicted molar refractivity (Wildman–Crippen MR) is 172 cm³/mol. The summed E-state index contributed by atoms with van der Waals surface area (Å²) in [4.78, 5) is 23.9. The fraction of sp³-hybridized carbons (Fsp3) is 0.724. The van der Waals surface area contributed by atoms with E-state index < -0.39 is 71.0 Å². The van der Waals surface area contributed by atoms with Gasteiger partial charge in [0, 0.05) is 20.4 Å². The monoisotopic (exact) mass is 698 g/mol. The first-order valence-electron chi connectivity index (χ1n) is 15.0. The van der Waals surface area contributed by atoms with Crippen molar-refractivity contribution in [1.82, 2.24) is 10.6 Å². The van der Waals surface area contributed by atoms with E-state index in [-0.39, 0.29) is 19.8 Å². The number of hydrogen-bond acceptors (Lipinski definition) is 13. The Labute approximate surface area is 271 Å². The minimum atomic E-state index is -4.23. The van der Waals surface area contributed by atoms with Crippen LogP contribution in [-0.2, 0) is 41.5 Å². The van der Waals surface area contributed by atoms with Crippen LogP contribution in [0.2, 0.25) is 0 Å². The summed E-state index contributed by atoms with van der Waals surface area (Å²) in [6, 6.07) is -1.34. The minimum absolute atomic E-state index is 0.0316. The summed E-state index contributed by atoms with van der Waals surface area (Å²) < 4.78 is 56.7. The van der Waals surface area contributed by atoms with Crippen LogP contribution in [0.4, 0.5) is 4.79 Å². The molecular formula is C29H52N2O13P2. The van der Waals surface area contributed by atoms with E-state index in [0.29, 0.717) is 0 Å². The van der Waals surface area contributed by atoms with E-state index in [0.717, 1.165) is 44.6 Å². The van der Waals surface area contributed by atoms with Gasteiger partial charge in [0.05, 0.1) is 25.9 Å². The highest BCUT2D eigenvalue weighted by Gasteiger charge is 2.48. The van der Waals surface area contributed by atoms with Crippen LogP contribution in [0.15, 0.2) is 34.9 Å². The lowest BCUT2D eigenvalue weighted by molar-refractivity contribution is -0.252. The van der Waals surface area contributed by atoms with Crippen molar-refractivity contribution in [2.24, 2.45) is 0 Å². The lowest BCUT2D eigenvalue weighted by Crippen LogP contribution is -2.65. The minimum Gasteiger partial charge on any atom is -0.447 e. The van der Waals surface area contributed by atoms with Crippen molar-refractivity contribution in [3.63, 3.8) is 0 Å². The Bertz CT molecular complexity index is 1150. The zero-order valence-corrected chi connectivity index (χ0v) is 29.6. The number of carbonyl (C=O) groups is 2. The third kappa shape index (κ3) is 17.3. The lowest BCUT2D eigenvalue weighted by Gasteiger charge is -2.42. The van der Waals surface area contributed by atoms with Crippen LogP contribution < -0.4 is 10.6 Å². The van der Waals surface area contributed by atoms with Crippen molar-refractivity contribution in [1.29, 1.82) is 0 Å². The van der Waals surface area contributed by atoms with Gasteiger partial charge in [0.15, 0.2) is 6.29 Å². The second-order valence-corrected chi connectivity index (χ2v) is 15.5. The Morgan fingerprint density at radius 3 is 2.15 bits per heavy atom. The van der Waals surface area contributed by atoms with E-state index in [2.05, 4.69) is 43.6 Å². The average molecular weight is 699 g/mol. The molecule has 1 rings (SSSR count). The standard InChI is InChI=1S/C29H52N2O13P2/c1-20(2)10-8-11-21(3)12-9-13-22(4)14-15-41-45(6,37)44-46(7,38)43-28-27(35)26(34)25(23(19-32)42-28)31-24(33)18-30-29(36)40-17-16-39-5/h10,12,14,23,25-28,32,34-35H,8-9,11,13,15-19H2,1-7H3,(H,30,36)(H,31,33)/b21-12+,22-14-/t23?,25-,26-,27?,28-,45+,46-/m0/s1. The van der Waals surface area contributed by atoms with E-state index in [1.54, 1.807) is 6.08 Å².